The Morgan fingerprint density at radius 1 is 0.302 bits per heavy atom. The van der Waals surface area contributed by atoms with Gasteiger partial charge < -0.3 is 9.13 Å². The SMILES string of the molecule is c1ccc(-c2nc(-c3ccccc3)nc(-c3cccc4sc5ccc(-c6ccc7c(c6)c6cc8c(cc6n7-c6ccccc6)c6ccccc6n8-c6ccccc6)cc5c34)n2)cc1. The first-order valence-corrected chi connectivity index (χ1v) is 22.0. The molecule has 0 fully saturated rings. The zero-order chi connectivity index (χ0) is 41.4. The monoisotopic (exact) mass is 821 g/mol. The van der Waals surface area contributed by atoms with Crippen molar-refractivity contribution < 1.29 is 0 Å². The summed E-state index contributed by atoms with van der Waals surface area (Å²) in [5, 5.41) is 7.24. The standard InChI is InChI=1S/C57H35N5S/c1-5-16-36(17-6-1)55-58-56(37-18-7-2-8-19-37)60-57(59-55)43-25-15-27-53-54(43)47-33-39(29-31-52(47)63-53)38-28-30-49-44(32-38)46-35-50-45(34-51(46)62(49)41-22-11-4-12-23-41)42-24-13-14-26-48(42)61(50)40-20-9-3-10-21-40/h1-35H. The van der Waals surface area contributed by atoms with Gasteiger partial charge in [-0.2, -0.15) is 0 Å². The van der Waals surface area contributed by atoms with Gasteiger partial charge in [-0.05, 0) is 83.9 Å². The zero-order valence-electron chi connectivity index (χ0n) is 33.9. The highest BCUT2D eigenvalue weighted by molar-refractivity contribution is 7.26. The molecule has 0 aliphatic heterocycles. The summed E-state index contributed by atoms with van der Waals surface area (Å²) in [6.07, 6.45) is 0. The molecule has 0 N–H and O–H groups in total. The molecule has 13 aromatic rings. The minimum Gasteiger partial charge on any atom is -0.309 e. The predicted molar refractivity (Wildman–Crippen MR) is 263 cm³/mol. The van der Waals surface area contributed by atoms with Crippen LogP contribution in [0.15, 0.2) is 212 Å². The van der Waals surface area contributed by atoms with E-state index in [1.165, 1.54) is 58.4 Å². The number of hydrogen-bond donors (Lipinski definition) is 0. The number of para-hydroxylation sites is 3. The molecule has 4 aromatic heterocycles. The Bertz CT molecular complexity index is 3830. The van der Waals surface area contributed by atoms with Crippen LogP contribution in [0.2, 0.25) is 0 Å². The Balaban J connectivity index is 1.03. The van der Waals surface area contributed by atoms with Crippen LogP contribution in [-0.2, 0) is 0 Å². The van der Waals surface area contributed by atoms with Crippen LogP contribution in [0.3, 0.4) is 0 Å². The van der Waals surface area contributed by atoms with E-state index < -0.39 is 0 Å². The third kappa shape index (κ3) is 5.73. The number of thiophene rings is 1. The maximum Gasteiger partial charge on any atom is 0.164 e. The summed E-state index contributed by atoms with van der Waals surface area (Å²) in [4.78, 5) is 15.3. The molecule has 5 nitrogen and oxygen atoms in total. The molecule has 0 amide bonds. The van der Waals surface area contributed by atoms with E-state index in [1.807, 2.05) is 36.4 Å². The van der Waals surface area contributed by atoms with Gasteiger partial charge in [0.1, 0.15) is 0 Å². The minimum atomic E-state index is 0.654. The van der Waals surface area contributed by atoms with E-state index in [1.54, 1.807) is 11.3 Å². The summed E-state index contributed by atoms with van der Waals surface area (Å²) >= 11 is 1.81. The lowest BCUT2D eigenvalue weighted by Gasteiger charge is -2.10. The van der Waals surface area contributed by atoms with Gasteiger partial charge in [-0.1, -0.05) is 140 Å². The Labute approximate surface area is 366 Å². The molecule has 294 valence electrons. The number of aromatic nitrogens is 5. The highest BCUT2D eigenvalue weighted by Gasteiger charge is 2.21. The van der Waals surface area contributed by atoms with Gasteiger partial charge in [-0.15, -0.1) is 11.3 Å². The third-order valence-corrected chi connectivity index (χ3v) is 13.5. The molecule has 4 heterocycles. The van der Waals surface area contributed by atoms with Crippen molar-refractivity contribution in [2.45, 2.75) is 0 Å². The Hall–Kier alpha value is -8.19. The zero-order valence-corrected chi connectivity index (χ0v) is 34.7. The summed E-state index contributed by atoms with van der Waals surface area (Å²) < 4.78 is 7.25. The van der Waals surface area contributed by atoms with Crippen molar-refractivity contribution in [3.63, 3.8) is 0 Å². The number of hydrogen-bond acceptors (Lipinski definition) is 4. The van der Waals surface area contributed by atoms with E-state index in [-0.39, 0.29) is 0 Å². The van der Waals surface area contributed by atoms with Crippen molar-refractivity contribution in [2.24, 2.45) is 0 Å². The van der Waals surface area contributed by atoms with Crippen LogP contribution in [0, 0.1) is 0 Å². The fraction of sp³-hybridized carbons (Fsp3) is 0. The molecule has 0 saturated carbocycles. The second kappa shape index (κ2) is 14.2. The van der Waals surface area contributed by atoms with Crippen molar-refractivity contribution in [3.05, 3.63) is 212 Å². The summed E-state index contributed by atoms with van der Waals surface area (Å²) in [5.41, 5.74) is 12.2. The van der Waals surface area contributed by atoms with Crippen LogP contribution in [-0.4, -0.2) is 24.1 Å². The lowest BCUT2D eigenvalue weighted by molar-refractivity contribution is 1.08. The lowest BCUT2D eigenvalue weighted by atomic mass is 9.99. The van der Waals surface area contributed by atoms with Crippen molar-refractivity contribution in [3.8, 4) is 56.7 Å². The minimum absolute atomic E-state index is 0.654. The van der Waals surface area contributed by atoms with Gasteiger partial charge in [0, 0.05) is 69.8 Å². The Morgan fingerprint density at radius 2 is 0.794 bits per heavy atom. The molecule has 0 aliphatic carbocycles. The summed E-state index contributed by atoms with van der Waals surface area (Å²) in [6.45, 7) is 0. The normalized spacial score (nSPS) is 11.8. The second-order valence-corrected chi connectivity index (χ2v) is 17.1. The van der Waals surface area contributed by atoms with E-state index in [4.69, 9.17) is 15.0 Å². The van der Waals surface area contributed by atoms with Gasteiger partial charge in [0.15, 0.2) is 17.5 Å². The number of nitrogens with zero attached hydrogens (tertiary/aromatic N) is 5. The fourth-order valence-corrected chi connectivity index (χ4v) is 10.6. The van der Waals surface area contributed by atoms with Crippen LogP contribution < -0.4 is 0 Å². The van der Waals surface area contributed by atoms with Crippen molar-refractivity contribution >= 4 is 75.1 Å². The lowest BCUT2D eigenvalue weighted by Crippen LogP contribution is -2.00. The van der Waals surface area contributed by atoms with Crippen LogP contribution in [0.1, 0.15) is 0 Å². The van der Waals surface area contributed by atoms with Crippen LogP contribution >= 0.6 is 11.3 Å². The average molecular weight is 822 g/mol. The van der Waals surface area contributed by atoms with E-state index in [2.05, 4.69) is 185 Å². The molecule has 0 atom stereocenters. The molecule has 13 rings (SSSR count). The fourth-order valence-electron chi connectivity index (χ4n) is 9.49. The van der Waals surface area contributed by atoms with E-state index in [0.29, 0.717) is 17.5 Å². The molecule has 63 heavy (non-hydrogen) atoms. The number of benzene rings is 9. The maximum atomic E-state index is 5.15. The first kappa shape index (κ1) is 35.6. The highest BCUT2D eigenvalue weighted by atomic mass is 32.1. The van der Waals surface area contributed by atoms with Crippen molar-refractivity contribution in [1.29, 1.82) is 0 Å². The van der Waals surface area contributed by atoms with Crippen LogP contribution in [0.4, 0.5) is 0 Å². The van der Waals surface area contributed by atoms with Crippen molar-refractivity contribution in [1.82, 2.24) is 24.1 Å². The van der Waals surface area contributed by atoms with Gasteiger partial charge in [0.05, 0.1) is 22.1 Å². The number of rotatable bonds is 6. The quantitative estimate of drug-likeness (QED) is 0.168. The molecule has 0 radical (unpaired) electrons. The van der Waals surface area contributed by atoms with Gasteiger partial charge >= 0.3 is 0 Å². The molecule has 0 bridgehead atoms. The molecule has 0 spiro atoms. The molecule has 0 saturated heterocycles. The van der Waals surface area contributed by atoms with Gasteiger partial charge in [0.2, 0.25) is 0 Å². The Kier molecular flexibility index (Phi) is 8.01. The molecule has 0 unspecified atom stereocenters. The van der Waals surface area contributed by atoms with E-state index >= 15 is 0 Å². The van der Waals surface area contributed by atoms with E-state index in [0.717, 1.165) is 44.6 Å². The summed E-state index contributed by atoms with van der Waals surface area (Å²) in [7, 11) is 0. The van der Waals surface area contributed by atoms with Crippen molar-refractivity contribution in [2.75, 3.05) is 0 Å². The first-order chi connectivity index (χ1) is 31.2. The molecular formula is C57H35N5S. The van der Waals surface area contributed by atoms with Crippen LogP contribution in [0.5, 0.6) is 0 Å². The first-order valence-electron chi connectivity index (χ1n) is 21.2. The van der Waals surface area contributed by atoms with Gasteiger partial charge in [-0.25, -0.2) is 15.0 Å². The summed E-state index contributed by atoms with van der Waals surface area (Å²) in [5.74, 6) is 1.97. The average Bonchev–Trinajstić information content (AvgIpc) is 4.01. The smallest absolute Gasteiger partial charge is 0.164 e. The maximum absolute atomic E-state index is 5.15. The largest absolute Gasteiger partial charge is 0.309 e. The predicted octanol–water partition coefficient (Wildman–Crippen LogP) is 15.1. The van der Waals surface area contributed by atoms with E-state index in [9.17, 15) is 0 Å². The molecule has 0 aliphatic rings. The Morgan fingerprint density at radius 3 is 1.43 bits per heavy atom. The van der Waals surface area contributed by atoms with Gasteiger partial charge in [0.25, 0.3) is 0 Å². The van der Waals surface area contributed by atoms with Crippen LogP contribution in [0.25, 0.3) is 120 Å². The second-order valence-electron chi connectivity index (χ2n) is 16.0. The molecule has 6 heteroatoms. The summed E-state index contributed by atoms with van der Waals surface area (Å²) in [6, 6.07) is 75.7. The molecule has 9 aromatic carbocycles. The third-order valence-electron chi connectivity index (χ3n) is 12.4. The van der Waals surface area contributed by atoms with Gasteiger partial charge in [-0.3, -0.25) is 0 Å². The highest BCUT2D eigenvalue weighted by Crippen LogP contribution is 2.44. The molecular weight excluding hydrogens is 787 g/mol. The topological polar surface area (TPSA) is 48.5 Å². The number of fused-ring (bicyclic) bond motifs is 9.